The van der Waals surface area contributed by atoms with Crippen LogP contribution in [-0.4, -0.2) is 26.2 Å². The largest absolute Gasteiger partial charge is 0.361 e. The first-order chi connectivity index (χ1) is 10.1. The summed E-state index contributed by atoms with van der Waals surface area (Å²) in [4.78, 5) is 27.3. The molecular formula is C12H10N6O3. The van der Waals surface area contributed by atoms with Gasteiger partial charge in [-0.1, -0.05) is 5.16 Å². The molecule has 0 unspecified atom stereocenters. The molecule has 0 aliphatic carbocycles. The molecule has 1 amide bonds. The number of hydrazine groups is 1. The number of rotatable bonds is 3. The Hall–Kier alpha value is -3.23. The number of aromatic amines is 1. The number of anilines is 1. The third-order valence-corrected chi connectivity index (χ3v) is 2.75. The second-order valence-electron chi connectivity index (χ2n) is 4.22. The van der Waals surface area contributed by atoms with Crippen LogP contribution in [0.2, 0.25) is 0 Å². The fourth-order valence-electron chi connectivity index (χ4n) is 1.76. The number of nitrogens with one attached hydrogen (secondary N) is 3. The van der Waals surface area contributed by atoms with E-state index in [-0.39, 0.29) is 11.3 Å². The van der Waals surface area contributed by atoms with Gasteiger partial charge in [0.2, 0.25) is 0 Å². The zero-order valence-corrected chi connectivity index (χ0v) is 10.9. The molecule has 0 aromatic carbocycles. The summed E-state index contributed by atoms with van der Waals surface area (Å²) >= 11 is 0. The van der Waals surface area contributed by atoms with Crippen LogP contribution in [0.15, 0.2) is 33.8 Å². The highest BCUT2D eigenvalue weighted by Crippen LogP contribution is 2.14. The van der Waals surface area contributed by atoms with Crippen LogP contribution in [0.1, 0.15) is 16.2 Å². The van der Waals surface area contributed by atoms with Gasteiger partial charge in [0.1, 0.15) is 5.76 Å². The van der Waals surface area contributed by atoms with Gasteiger partial charge in [-0.2, -0.15) is 5.10 Å². The molecule has 0 saturated carbocycles. The van der Waals surface area contributed by atoms with Crippen molar-refractivity contribution in [2.75, 3.05) is 5.43 Å². The Morgan fingerprint density at radius 2 is 2.24 bits per heavy atom. The topological polar surface area (TPSA) is 126 Å². The van der Waals surface area contributed by atoms with Gasteiger partial charge in [0.15, 0.2) is 11.5 Å². The van der Waals surface area contributed by atoms with E-state index in [1.807, 2.05) is 0 Å². The third kappa shape index (κ3) is 2.43. The highest BCUT2D eigenvalue weighted by Gasteiger charge is 2.12. The highest BCUT2D eigenvalue weighted by atomic mass is 16.5. The van der Waals surface area contributed by atoms with E-state index < -0.39 is 5.91 Å². The number of hydrogen-bond acceptors (Lipinski definition) is 7. The van der Waals surface area contributed by atoms with Crippen molar-refractivity contribution in [1.82, 2.24) is 25.8 Å². The third-order valence-electron chi connectivity index (χ3n) is 2.75. The number of nitrogens with zero attached hydrogens (tertiary/aromatic N) is 3. The lowest BCUT2D eigenvalue weighted by molar-refractivity contribution is 0.0953. The number of carbonyl (C=O) groups excluding carboxylic acids is 1. The second kappa shape index (κ2) is 5.04. The van der Waals surface area contributed by atoms with E-state index in [2.05, 4.69) is 31.2 Å². The minimum absolute atomic E-state index is 0.135. The van der Waals surface area contributed by atoms with Crippen LogP contribution in [0.4, 0.5) is 5.82 Å². The Kier molecular flexibility index (Phi) is 3.07. The molecule has 21 heavy (non-hydrogen) atoms. The minimum atomic E-state index is -0.484. The Balaban J connectivity index is 1.84. The van der Waals surface area contributed by atoms with E-state index in [4.69, 9.17) is 4.52 Å². The molecule has 0 fully saturated rings. The first kappa shape index (κ1) is 12.8. The fourth-order valence-corrected chi connectivity index (χ4v) is 1.76. The minimum Gasteiger partial charge on any atom is -0.361 e. The number of H-pyrrole nitrogens is 1. The first-order valence-corrected chi connectivity index (χ1v) is 5.97. The maximum Gasteiger partial charge on any atom is 0.291 e. The van der Waals surface area contributed by atoms with Crippen molar-refractivity contribution in [2.24, 2.45) is 0 Å². The SMILES string of the molecule is Cc1cc(C(=O)NNc2n[nH]c(=O)c3cnccc23)no1. The zero-order chi connectivity index (χ0) is 14.8. The monoisotopic (exact) mass is 286 g/mol. The summed E-state index contributed by atoms with van der Waals surface area (Å²) in [7, 11) is 0. The molecule has 0 aliphatic rings. The number of aryl methyl sites for hydroxylation is 1. The lowest BCUT2D eigenvalue weighted by atomic mass is 10.2. The molecule has 3 aromatic heterocycles. The normalized spacial score (nSPS) is 10.5. The average molecular weight is 286 g/mol. The summed E-state index contributed by atoms with van der Waals surface area (Å²) in [5, 5.41) is 10.6. The molecule has 0 bridgehead atoms. The number of carbonyl (C=O) groups is 1. The van der Waals surface area contributed by atoms with Crippen LogP contribution in [0.25, 0.3) is 10.8 Å². The van der Waals surface area contributed by atoms with Gasteiger partial charge < -0.3 is 4.52 Å². The average Bonchev–Trinajstić information content (AvgIpc) is 2.93. The van der Waals surface area contributed by atoms with Gasteiger partial charge in [-0.25, -0.2) is 5.10 Å². The molecule has 0 spiro atoms. The smallest absolute Gasteiger partial charge is 0.291 e. The number of fused-ring (bicyclic) bond motifs is 1. The van der Waals surface area contributed by atoms with Gasteiger partial charge in [0.05, 0.1) is 5.39 Å². The Morgan fingerprint density at radius 3 is 3.00 bits per heavy atom. The fraction of sp³-hybridized carbons (Fsp3) is 0.0833. The van der Waals surface area contributed by atoms with E-state index in [1.54, 1.807) is 13.0 Å². The van der Waals surface area contributed by atoms with E-state index >= 15 is 0 Å². The lowest BCUT2D eigenvalue weighted by Gasteiger charge is -2.07. The number of aromatic nitrogens is 4. The van der Waals surface area contributed by atoms with Crippen LogP contribution in [0, 0.1) is 6.92 Å². The van der Waals surface area contributed by atoms with Crippen molar-refractivity contribution in [3.05, 3.63) is 46.3 Å². The molecule has 3 rings (SSSR count). The molecule has 3 heterocycles. The van der Waals surface area contributed by atoms with Crippen LogP contribution in [-0.2, 0) is 0 Å². The molecule has 9 nitrogen and oxygen atoms in total. The molecule has 3 aromatic rings. The van der Waals surface area contributed by atoms with Crippen molar-refractivity contribution in [3.63, 3.8) is 0 Å². The summed E-state index contributed by atoms with van der Waals surface area (Å²) in [6, 6.07) is 3.12. The summed E-state index contributed by atoms with van der Waals surface area (Å²) in [6.07, 6.45) is 2.95. The van der Waals surface area contributed by atoms with E-state index in [1.165, 1.54) is 18.5 Å². The number of hydrogen-bond donors (Lipinski definition) is 3. The quantitative estimate of drug-likeness (QED) is 0.594. The van der Waals surface area contributed by atoms with Crippen LogP contribution < -0.4 is 16.4 Å². The summed E-state index contributed by atoms with van der Waals surface area (Å²) in [5.74, 6) is 0.335. The van der Waals surface area contributed by atoms with E-state index in [0.29, 0.717) is 22.4 Å². The maximum absolute atomic E-state index is 11.8. The molecule has 106 valence electrons. The van der Waals surface area contributed by atoms with Crippen molar-refractivity contribution in [1.29, 1.82) is 0 Å². The van der Waals surface area contributed by atoms with Crippen LogP contribution in [0.5, 0.6) is 0 Å². The van der Waals surface area contributed by atoms with Gasteiger partial charge in [0.25, 0.3) is 11.5 Å². The Morgan fingerprint density at radius 1 is 1.38 bits per heavy atom. The molecular weight excluding hydrogens is 276 g/mol. The Bertz CT molecular complexity index is 869. The number of pyridine rings is 1. The van der Waals surface area contributed by atoms with Gasteiger partial charge in [-0.05, 0) is 13.0 Å². The Labute approximate surface area is 117 Å². The summed E-state index contributed by atoms with van der Waals surface area (Å²) < 4.78 is 4.81. The van der Waals surface area contributed by atoms with E-state index in [0.717, 1.165) is 0 Å². The van der Waals surface area contributed by atoms with Crippen molar-refractivity contribution in [2.45, 2.75) is 6.92 Å². The maximum atomic E-state index is 11.8. The molecule has 0 saturated heterocycles. The van der Waals surface area contributed by atoms with Gasteiger partial charge in [-0.15, -0.1) is 0 Å². The van der Waals surface area contributed by atoms with Gasteiger partial charge >= 0.3 is 0 Å². The molecule has 0 radical (unpaired) electrons. The number of amides is 1. The predicted octanol–water partition coefficient (Wildman–Crippen LogP) is 0.371. The van der Waals surface area contributed by atoms with Crippen LogP contribution in [0.3, 0.4) is 0 Å². The van der Waals surface area contributed by atoms with Gasteiger partial charge in [-0.3, -0.25) is 25.4 Å². The van der Waals surface area contributed by atoms with Gasteiger partial charge in [0, 0.05) is 23.8 Å². The second-order valence-corrected chi connectivity index (χ2v) is 4.22. The molecule has 0 atom stereocenters. The van der Waals surface area contributed by atoms with E-state index in [9.17, 15) is 9.59 Å². The van der Waals surface area contributed by atoms with Crippen LogP contribution >= 0.6 is 0 Å². The standard InChI is InChI=1S/C12H10N6O3/c1-6-4-9(18-21-6)12(20)17-15-10-7-2-3-13-5-8(7)11(19)16-14-10/h2-5H,1H3,(H,14,15)(H,16,19)(H,17,20). The van der Waals surface area contributed by atoms with Crippen molar-refractivity contribution < 1.29 is 9.32 Å². The zero-order valence-electron chi connectivity index (χ0n) is 10.9. The molecule has 0 aliphatic heterocycles. The lowest BCUT2D eigenvalue weighted by Crippen LogP contribution is -2.30. The first-order valence-electron chi connectivity index (χ1n) is 5.97. The summed E-state index contributed by atoms with van der Waals surface area (Å²) in [5.41, 5.74) is 4.83. The van der Waals surface area contributed by atoms with Crippen molar-refractivity contribution in [3.8, 4) is 0 Å². The molecule has 9 heteroatoms. The highest BCUT2D eigenvalue weighted by molar-refractivity contribution is 5.95. The summed E-state index contributed by atoms with van der Waals surface area (Å²) in [6.45, 7) is 1.68. The van der Waals surface area contributed by atoms with Crippen molar-refractivity contribution >= 4 is 22.5 Å². The molecule has 3 N–H and O–H groups in total. The predicted molar refractivity (Wildman–Crippen MR) is 72.5 cm³/mol.